The number of hydrogen-bond donors (Lipinski definition) is 2. The summed E-state index contributed by atoms with van der Waals surface area (Å²) >= 11 is 1.43. The molecule has 0 spiro atoms. The number of nitrogens with one attached hydrogen (secondary N) is 2. The lowest BCUT2D eigenvalue weighted by Gasteiger charge is -2.39. The number of sulfonamides is 1. The Hall–Kier alpha value is -2.27. The van der Waals surface area contributed by atoms with Crippen LogP contribution in [0.25, 0.3) is 0 Å². The second kappa shape index (κ2) is 10.3. The fraction of sp³-hybridized carbons (Fsp3) is 0.586. The molecular weight excluding hydrogens is 534 g/mol. The third-order valence-corrected chi connectivity index (χ3v) is 11.6. The number of amides is 1. The Bertz CT molecular complexity index is 1380. The molecule has 1 aliphatic carbocycles. The lowest BCUT2D eigenvalue weighted by molar-refractivity contribution is -0.913. The number of fused-ring (bicyclic) bond motifs is 3. The van der Waals surface area contributed by atoms with Crippen molar-refractivity contribution in [2.45, 2.75) is 77.8 Å². The van der Waals surface area contributed by atoms with E-state index < -0.39 is 16.0 Å². The number of rotatable bonds is 7. The molecule has 2 fully saturated rings. The molecule has 39 heavy (non-hydrogen) atoms. The molecular formula is C29H40N3O5S2+. The Labute approximate surface area is 235 Å². The van der Waals surface area contributed by atoms with E-state index in [1.165, 1.54) is 28.4 Å². The van der Waals surface area contributed by atoms with Crippen molar-refractivity contribution in [3.05, 3.63) is 45.8 Å². The fourth-order valence-corrected chi connectivity index (χ4v) is 10.2. The van der Waals surface area contributed by atoms with E-state index in [1.54, 1.807) is 23.4 Å². The summed E-state index contributed by atoms with van der Waals surface area (Å²) in [5, 5.41) is 3.42. The summed E-state index contributed by atoms with van der Waals surface area (Å²) in [5.41, 5.74) is 1.87. The molecule has 1 saturated heterocycles. The number of benzene rings is 1. The summed E-state index contributed by atoms with van der Waals surface area (Å²) in [7, 11) is -3.68. The van der Waals surface area contributed by atoms with Crippen LogP contribution in [0, 0.1) is 10.8 Å². The van der Waals surface area contributed by atoms with Crippen molar-refractivity contribution in [2.75, 3.05) is 31.6 Å². The van der Waals surface area contributed by atoms with Crippen molar-refractivity contribution < 1.29 is 27.6 Å². The number of carbonyl (C=O) groups is 2. The highest BCUT2D eigenvalue weighted by atomic mass is 32.2. The van der Waals surface area contributed by atoms with Crippen LogP contribution in [-0.4, -0.2) is 56.9 Å². The van der Waals surface area contributed by atoms with E-state index in [2.05, 4.69) is 33.0 Å². The molecule has 0 radical (unpaired) electrons. The molecule has 2 aromatic rings. The topological polar surface area (TPSA) is 97.2 Å². The van der Waals surface area contributed by atoms with E-state index >= 15 is 0 Å². The highest BCUT2D eigenvalue weighted by Gasteiger charge is 2.53. The molecule has 2 aliphatic heterocycles. The van der Waals surface area contributed by atoms with Gasteiger partial charge in [-0.15, -0.1) is 11.3 Å². The van der Waals surface area contributed by atoms with Gasteiger partial charge in [0.15, 0.2) is 0 Å². The van der Waals surface area contributed by atoms with Crippen LogP contribution in [-0.2, 0) is 27.7 Å². The van der Waals surface area contributed by atoms with E-state index in [0.717, 1.165) is 55.8 Å². The van der Waals surface area contributed by atoms with Gasteiger partial charge < -0.3 is 15.0 Å². The molecule has 3 aliphatic rings. The van der Waals surface area contributed by atoms with Gasteiger partial charge in [-0.2, -0.15) is 4.31 Å². The van der Waals surface area contributed by atoms with Gasteiger partial charge in [0.25, 0.3) is 5.91 Å². The van der Waals surface area contributed by atoms with Gasteiger partial charge in [-0.3, -0.25) is 4.79 Å². The number of anilines is 1. The second-order valence-corrected chi connectivity index (χ2v) is 15.4. The van der Waals surface area contributed by atoms with E-state index in [-0.39, 0.29) is 34.3 Å². The number of quaternary nitrogens is 1. The number of thiophene rings is 1. The minimum Gasteiger partial charge on any atom is -0.462 e. The number of hydrogen-bond acceptors (Lipinski definition) is 6. The van der Waals surface area contributed by atoms with Gasteiger partial charge in [-0.1, -0.05) is 20.8 Å². The van der Waals surface area contributed by atoms with Crippen LogP contribution in [0.5, 0.6) is 0 Å². The van der Waals surface area contributed by atoms with Crippen LogP contribution < -0.4 is 10.2 Å². The summed E-state index contributed by atoms with van der Waals surface area (Å²) in [5.74, 6) is -0.798. The van der Waals surface area contributed by atoms with Gasteiger partial charge in [-0.25, -0.2) is 13.2 Å². The van der Waals surface area contributed by atoms with Crippen molar-refractivity contribution in [3.63, 3.8) is 0 Å². The molecule has 212 valence electrons. The van der Waals surface area contributed by atoms with Crippen molar-refractivity contribution >= 4 is 38.2 Å². The molecule has 10 heteroatoms. The second-order valence-electron chi connectivity index (χ2n) is 12.5. The quantitative estimate of drug-likeness (QED) is 0.492. The number of likely N-dealkylation sites (N-methyl/N-ethyl adjacent to an activating group) is 1. The fourth-order valence-electron chi connectivity index (χ4n) is 7.12. The zero-order valence-corrected chi connectivity index (χ0v) is 25.2. The highest BCUT2D eigenvalue weighted by Crippen LogP contribution is 2.53. The number of carbonyl (C=O) groups excluding carboxylic acids is 2. The van der Waals surface area contributed by atoms with E-state index in [1.807, 2.05) is 0 Å². The lowest BCUT2D eigenvalue weighted by atomic mass is 9.65. The summed E-state index contributed by atoms with van der Waals surface area (Å²) in [6, 6.07) is 6.15. The molecule has 2 N–H and O–H groups in total. The molecule has 1 aromatic heterocycles. The van der Waals surface area contributed by atoms with Crippen LogP contribution in [0.15, 0.2) is 29.2 Å². The van der Waals surface area contributed by atoms with Crippen molar-refractivity contribution in [2.24, 2.45) is 10.8 Å². The van der Waals surface area contributed by atoms with Gasteiger partial charge in [0, 0.05) is 24.6 Å². The predicted octanol–water partition coefficient (Wildman–Crippen LogP) is 3.73. The van der Waals surface area contributed by atoms with Crippen LogP contribution >= 0.6 is 11.3 Å². The number of esters is 1. The molecule has 3 heterocycles. The third-order valence-electron chi connectivity index (χ3n) is 8.53. The monoisotopic (exact) mass is 574 g/mol. The third kappa shape index (κ3) is 5.40. The van der Waals surface area contributed by atoms with Gasteiger partial charge >= 0.3 is 5.97 Å². The highest BCUT2D eigenvalue weighted by molar-refractivity contribution is 7.89. The summed E-state index contributed by atoms with van der Waals surface area (Å²) in [6.07, 6.45) is 3.52. The summed E-state index contributed by atoms with van der Waals surface area (Å²) in [4.78, 5) is 28.8. The minimum absolute atomic E-state index is 0.00311. The van der Waals surface area contributed by atoms with Crippen molar-refractivity contribution in [1.29, 1.82) is 0 Å². The molecule has 3 atom stereocenters. The SMILES string of the molecule is CCOC(=O)c1c(NC(=O)c2ccc(S(=O)(=O)N3CC4(C)CC3CC(C)(C)C4)cc2)sc2c1CC[NH+](CC)C2. The Kier molecular flexibility index (Phi) is 7.45. The van der Waals surface area contributed by atoms with Gasteiger partial charge in [-0.05, 0) is 73.8 Å². The summed E-state index contributed by atoms with van der Waals surface area (Å²) < 4.78 is 34.2. The van der Waals surface area contributed by atoms with Crippen molar-refractivity contribution in [1.82, 2.24) is 4.31 Å². The van der Waals surface area contributed by atoms with E-state index in [9.17, 15) is 18.0 Å². The predicted molar refractivity (Wildman–Crippen MR) is 152 cm³/mol. The molecule has 1 saturated carbocycles. The molecule has 8 nitrogen and oxygen atoms in total. The first-order chi connectivity index (χ1) is 18.4. The van der Waals surface area contributed by atoms with Crippen LogP contribution in [0.3, 0.4) is 0 Å². The van der Waals surface area contributed by atoms with Gasteiger partial charge in [0.2, 0.25) is 10.0 Å². The number of ether oxygens (including phenoxy) is 1. The average Bonchev–Trinajstić information content (AvgIpc) is 3.36. The van der Waals surface area contributed by atoms with Crippen LogP contribution in [0.1, 0.15) is 85.0 Å². The summed E-state index contributed by atoms with van der Waals surface area (Å²) in [6.45, 7) is 14.1. The molecule has 1 amide bonds. The Balaban J connectivity index is 1.36. The molecule has 3 unspecified atom stereocenters. The normalized spacial score (nSPS) is 26.2. The first kappa shape index (κ1) is 28.3. The first-order valence-electron chi connectivity index (χ1n) is 13.9. The zero-order valence-electron chi connectivity index (χ0n) is 23.6. The van der Waals surface area contributed by atoms with E-state index in [4.69, 9.17) is 4.74 Å². The first-order valence-corrected chi connectivity index (χ1v) is 16.2. The lowest BCUT2D eigenvalue weighted by Crippen LogP contribution is -3.11. The minimum atomic E-state index is -3.68. The Morgan fingerprint density at radius 2 is 1.87 bits per heavy atom. The van der Waals surface area contributed by atoms with Gasteiger partial charge in [0.1, 0.15) is 11.5 Å². The Morgan fingerprint density at radius 3 is 2.54 bits per heavy atom. The standard InChI is InChI=1S/C29H39N3O5S2/c1-6-31-13-12-22-23(16-31)38-26(24(22)27(34)37-7-2)30-25(33)19-8-10-21(11-9-19)39(35,36)32-18-29(5)15-20(32)14-28(3,4)17-29/h8-11,20H,6-7,12-18H2,1-5H3,(H,30,33)/p+1. The zero-order chi connectivity index (χ0) is 28.2. The van der Waals surface area contributed by atoms with E-state index in [0.29, 0.717) is 22.7 Å². The molecule has 5 rings (SSSR count). The largest absolute Gasteiger partial charge is 0.462 e. The smallest absolute Gasteiger partial charge is 0.341 e. The Morgan fingerprint density at radius 1 is 1.15 bits per heavy atom. The number of nitrogens with zero attached hydrogens (tertiary/aromatic N) is 1. The molecule has 1 aromatic carbocycles. The van der Waals surface area contributed by atoms with Crippen molar-refractivity contribution in [3.8, 4) is 0 Å². The maximum absolute atomic E-state index is 13.6. The van der Waals surface area contributed by atoms with Gasteiger partial charge in [0.05, 0.1) is 35.0 Å². The van der Waals surface area contributed by atoms with Crippen LogP contribution in [0.2, 0.25) is 0 Å². The average molecular weight is 575 g/mol. The van der Waals surface area contributed by atoms with Crippen LogP contribution in [0.4, 0.5) is 5.00 Å². The maximum Gasteiger partial charge on any atom is 0.341 e. The maximum atomic E-state index is 13.6. The molecule has 2 bridgehead atoms.